The van der Waals surface area contributed by atoms with Gasteiger partial charge in [-0.3, -0.25) is 0 Å². The summed E-state index contributed by atoms with van der Waals surface area (Å²) >= 11 is 0. The van der Waals surface area contributed by atoms with E-state index in [4.69, 9.17) is 9.84 Å². The van der Waals surface area contributed by atoms with Crippen LogP contribution in [0.1, 0.15) is 20.8 Å². The molecule has 1 N–H and O–H groups in total. The molecule has 0 radical (unpaired) electrons. The summed E-state index contributed by atoms with van der Waals surface area (Å²) in [6, 6.07) is 0. The largest absolute Gasteiger partial charge is 0.394 e. The Morgan fingerprint density at radius 2 is 1.89 bits per heavy atom. The maximum atomic E-state index is 8.34. The van der Waals surface area contributed by atoms with Crippen molar-refractivity contribution >= 4 is 0 Å². The van der Waals surface area contributed by atoms with Crippen molar-refractivity contribution in [2.24, 2.45) is 5.41 Å². The Kier molecular flexibility index (Phi) is 3.82. The quantitative estimate of drug-likeness (QED) is 0.581. The topological polar surface area (TPSA) is 29.5 Å². The summed E-state index contributed by atoms with van der Waals surface area (Å²) in [6.07, 6.45) is 0. The maximum absolute atomic E-state index is 8.34. The van der Waals surface area contributed by atoms with Crippen LogP contribution in [-0.2, 0) is 4.74 Å². The number of ether oxygens (including phenoxy) is 1. The number of rotatable bonds is 3. The molecule has 0 rings (SSSR count). The molecule has 0 unspecified atom stereocenters. The summed E-state index contributed by atoms with van der Waals surface area (Å²) in [5.74, 6) is 0. The van der Waals surface area contributed by atoms with E-state index in [1.165, 1.54) is 0 Å². The highest BCUT2D eigenvalue weighted by Crippen LogP contribution is 2.12. The highest BCUT2D eigenvalue weighted by Gasteiger charge is 2.08. The molecule has 0 aliphatic carbocycles. The van der Waals surface area contributed by atoms with Crippen LogP contribution in [0.15, 0.2) is 0 Å². The monoisotopic (exact) mass is 132 g/mol. The minimum Gasteiger partial charge on any atom is -0.394 e. The van der Waals surface area contributed by atoms with Crippen LogP contribution >= 0.6 is 0 Å². The van der Waals surface area contributed by atoms with Crippen molar-refractivity contribution < 1.29 is 9.84 Å². The van der Waals surface area contributed by atoms with E-state index in [2.05, 4.69) is 20.8 Å². The van der Waals surface area contributed by atoms with Crippen LogP contribution in [0.3, 0.4) is 0 Å². The predicted molar refractivity (Wildman–Crippen MR) is 37.4 cm³/mol. The summed E-state index contributed by atoms with van der Waals surface area (Å²) < 4.78 is 5.10. The molecule has 2 nitrogen and oxygen atoms in total. The first-order valence-electron chi connectivity index (χ1n) is 3.25. The molecule has 0 saturated carbocycles. The molecule has 0 spiro atoms. The standard InChI is InChI=1S/C7H16O2/c1-7(2,3)6-9-5-4-8/h8H,4-6H2,1-3H3. The Balaban J connectivity index is 3.07. The summed E-state index contributed by atoms with van der Waals surface area (Å²) in [7, 11) is 0. The van der Waals surface area contributed by atoms with Gasteiger partial charge in [0, 0.05) is 0 Å². The molecule has 9 heavy (non-hydrogen) atoms. The highest BCUT2D eigenvalue weighted by molar-refractivity contribution is 4.58. The van der Waals surface area contributed by atoms with Gasteiger partial charge in [0.15, 0.2) is 0 Å². The first-order chi connectivity index (χ1) is 4.06. The molecule has 0 heterocycles. The minimum atomic E-state index is 0.121. The normalized spacial score (nSPS) is 12.0. The minimum absolute atomic E-state index is 0.121. The van der Waals surface area contributed by atoms with Crippen molar-refractivity contribution in [1.82, 2.24) is 0 Å². The second-order valence-corrected chi connectivity index (χ2v) is 3.34. The van der Waals surface area contributed by atoms with E-state index in [-0.39, 0.29) is 12.0 Å². The van der Waals surface area contributed by atoms with Gasteiger partial charge in [0.25, 0.3) is 0 Å². The van der Waals surface area contributed by atoms with Crippen molar-refractivity contribution in [3.05, 3.63) is 0 Å². The molecule has 0 aliphatic heterocycles. The molecule has 0 bridgehead atoms. The first-order valence-corrected chi connectivity index (χ1v) is 3.25. The Labute approximate surface area is 56.8 Å². The molecule has 56 valence electrons. The lowest BCUT2D eigenvalue weighted by Gasteiger charge is -2.17. The van der Waals surface area contributed by atoms with Gasteiger partial charge in [-0.25, -0.2) is 0 Å². The molecule has 0 aliphatic rings. The lowest BCUT2D eigenvalue weighted by atomic mass is 9.99. The van der Waals surface area contributed by atoms with Crippen LogP contribution in [0.4, 0.5) is 0 Å². The van der Waals surface area contributed by atoms with Crippen LogP contribution in [0.25, 0.3) is 0 Å². The highest BCUT2D eigenvalue weighted by atomic mass is 16.5. The average Bonchev–Trinajstić information content (AvgIpc) is 1.63. The lowest BCUT2D eigenvalue weighted by Crippen LogP contribution is -2.15. The van der Waals surface area contributed by atoms with Gasteiger partial charge in [-0.2, -0.15) is 0 Å². The van der Waals surface area contributed by atoms with Crippen LogP contribution in [0.2, 0.25) is 0 Å². The number of hydrogen-bond donors (Lipinski definition) is 1. The zero-order valence-electron chi connectivity index (χ0n) is 6.48. The van der Waals surface area contributed by atoms with Crippen molar-refractivity contribution in [3.8, 4) is 0 Å². The third-order valence-corrected chi connectivity index (χ3v) is 0.771. The summed E-state index contributed by atoms with van der Waals surface area (Å²) in [6.45, 7) is 7.60. The predicted octanol–water partition coefficient (Wildman–Crippen LogP) is 1.04. The van der Waals surface area contributed by atoms with Gasteiger partial charge in [0.2, 0.25) is 0 Å². The van der Waals surface area contributed by atoms with Gasteiger partial charge in [0.1, 0.15) is 0 Å². The van der Waals surface area contributed by atoms with E-state index >= 15 is 0 Å². The second-order valence-electron chi connectivity index (χ2n) is 3.34. The molecule has 0 aromatic carbocycles. The lowest BCUT2D eigenvalue weighted by molar-refractivity contribution is 0.0464. The summed E-state index contributed by atoms with van der Waals surface area (Å²) in [5.41, 5.74) is 0.217. The number of aliphatic hydroxyl groups excluding tert-OH is 1. The molecule has 0 aromatic rings. The smallest absolute Gasteiger partial charge is 0.0697 e. The fourth-order valence-corrected chi connectivity index (χ4v) is 0.443. The van der Waals surface area contributed by atoms with Crippen molar-refractivity contribution in [3.63, 3.8) is 0 Å². The molecule has 0 aromatic heterocycles. The Morgan fingerprint density at radius 3 is 2.22 bits per heavy atom. The van der Waals surface area contributed by atoms with E-state index in [0.29, 0.717) is 13.2 Å². The van der Waals surface area contributed by atoms with Crippen LogP contribution < -0.4 is 0 Å². The summed E-state index contributed by atoms with van der Waals surface area (Å²) in [4.78, 5) is 0. The van der Waals surface area contributed by atoms with Crippen molar-refractivity contribution in [2.75, 3.05) is 19.8 Å². The third kappa shape index (κ3) is 7.92. The van der Waals surface area contributed by atoms with Crippen LogP contribution in [-0.4, -0.2) is 24.9 Å². The molecule has 0 amide bonds. The molecule has 2 heteroatoms. The van der Waals surface area contributed by atoms with Crippen LogP contribution in [0.5, 0.6) is 0 Å². The maximum Gasteiger partial charge on any atom is 0.0697 e. The van der Waals surface area contributed by atoms with Crippen molar-refractivity contribution in [2.45, 2.75) is 20.8 Å². The summed E-state index contributed by atoms with van der Waals surface area (Å²) in [5, 5.41) is 8.34. The first kappa shape index (κ1) is 8.92. The average molecular weight is 132 g/mol. The number of hydrogen-bond acceptors (Lipinski definition) is 2. The van der Waals surface area contributed by atoms with E-state index in [1.807, 2.05) is 0 Å². The SMILES string of the molecule is CC(C)(C)COCCO. The van der Waals surface area contributed by atoms with Gasteiger partial charge in [-0.1, -0.05) is 20.8 Å². The van der Waals surface area contributed by atoms with Gasteiger partial charge in [-0.05, 0) is 5.41 Å². The third-order valence-electron chi connectivity index (χ3n) is 0.771. The second kappa shape index (κ2) is 3.85. The van der Waals surface area contributed by atoms with E-state index < -0.39 is 0 Å². The van der Waals surface area contributed by atoms with Crippen molar-refractivity contribution in [1.29, 1.82) is 0 Å². The Hall–Kier alpha value is -0.0800. The molecule has 0 saturated heterocycles. The zero-order valence-corrected chi connectivity index (χ0v) is 6.48. The fourth-order valence-electron chi connectivity index (χ4n) is 0.443. The Morgan fingerprint density at radius 1 is 1.33 bits per heavy atom. The zero-order chi connectivity index (χ0) is 7.33. The van der Waals surface area contributed by atoms with Gasteiger partial charge in [0.05, 0.1) is 19.8 Å². The van der Waals surface area contributed by atoms with E-state index in [9.17, 15) is 0 Å². The fraction of sp³-hybridized carbons (Fsp3) is 1.00. The number of aliphatic hydroxyl groups is 1. The van der Waals surface area contributed by atoms with Crippen LogP contribution in [0, 0.1) is 5.41 Å². The molecular weight excluding hydrogens is 116 g/mol. The molecule has 0 atom stereocenters. The van der Waals surface area contributed by atoms with Gasteiger partial charge >= 0.3 is 0 Å². The van der Waals surface area contributed by atoms with Gasteiger partial charge < -0.3 is 9.84 Å². The van der Waals surface area contributed by atoms with E-state index in [1.54, 1.807) is 0 Å². The van der Waals surface area contributed by atoms with Gasteiger partial charge in [-0.15, -0.1) is 0 Å². The molecule has 0 fully saturated rings. The molecular formula is C7H16O2. The van der Waals surface area contributed by atoms with E-state index in [0.717, 1.165) is 0 Å². The Bertz CT molecular complexity index is 63.8.